The Balaban J connectivity index is 2.68. The van der Waals surface area contributed by atoms with Crippen LogP contribution in [0.4, 0.5) is 0 Å². The second-order valence-corrected chi connectivity index (χ2v) is 7.19. The molecule has 26 heavy (non-hydrogen) atoms. The third-order valence-corrected chi connectivity index (χ3v) is 5.11. The van der Waals surface area contributed by atoms with Crippen LogP contribution in [0.2, 0.25) is 0 Å². The molecule has 0 heterocycles. The number of esters is 1. The molecule has 142 valence electrons. The van der Waals surface area contributed by atoms with Crippen LogP contribution in [0.15, 0.2) is 29.9 Å². The van der Waals surface area contributed by atoms with Crippen LogP contribution < -0.4 is 0 Å². The fourth-order valence-electron chi connectivity index (χ4n) is 3.86. The molecule has 0 amide bonds. The van der Waals surface area contributed by atoms with Crippen molar-refractivity contribution in [1.82, 2.24) is 0 Å². The summed E-state index contributed by atoms with van der Waals surface area (Å²) in [5.41, 5.74) is 3.42. The van der Waals surface area contributed by atoms with Crippen molar-refractivity contribution in [2.45, 2.75) is 59.3 Å². The lowest BCUT2D eigenvalue weighted by molar-refractivity contribution is 0.0521. The Bertz CT molecular complexity index is 730. The van der Waals surface area contributed by atoms with E-state index in [9.17, 15) is 15.0 Å². The number of allylic oxidation sites excluding steroid dienone is 3. The minimum atomic E-state index is -0.543. The van der Waals surface area contributed by atoms with Crippen molar-refractivity contribution in [1.29, 1.82) is 0 Å². The van der Waals surface area contributed by atoms with Gasteiger partial charge in [0, 0.05) is 11.5 Å². The molecule has 0 aromatic heterocycles. The third kappa shape index (κ3) is 3.95. The number of benzene rings is 1. The van der Waals surface area contributed by atoms with Gasteiger partial charge in [-0.3, -0.25) is 0 Å². The van der Waals surface area contributed by atoms with Crippen molar-refractivity contribution in [3.05, 3.63) is 46.6 Å². The van der Waals surface area contributed by atoms with E-state index in [-0.39, 0.29) is 35.5 Å². The van der Waals surface area contributed by atoms with Crippen LogP contribution in [-0.2, 0) is 11.2 Å². The van der Waals surface area contributed by atoms with E-state index < -0.39 is 5.97 Å². The van der Waals surface area contributed by atoms with Gasteiger partial charge in [0.25, 0.3) is 0 Å². The predicted molar refractivity (Wildman–Crippen MR) is 104 cm³/mol. The zero-order chi connectivity index (χ0) is 19.4. The topological polar surface area (TPSA) is 66.8 Å². The average Bonchev–Trinajstić information content (AvgIpc) is 2.54. The number of ether oxygens (including phenoxy) is 1. The number of aromatic hydroxyl groups is 2. The summed E-state index contributed by atoms with van der Waals surface area (Å²) in [6, 6.07) is 1.61. The molecular weight excluding hydrogens is 328 g/mol. The van der Waals surface area contributed by atoms with Gasteiger partial charge in [-0.15, -0.1) is 0 Å². The first kappa shape index (κ1) is 20.1. The minimum Gasteiger partial charge on any atom is -0.507 e. The van der Waals surface area contributed by atoms with Gasteiger partial charge >= 0.3 is 5.97 Å². The lowest BCUT2D eigenvalue weighted by atomic mass is 9.73. The Morgan fingerprint density at radius 3 is 2.62 bits per heavy atom. The first-order chi connectivity index (χ1) is 12.3. The summed E-state index contributed by atoms with van der Waals surface area (Å²) in [5, 5.41) is 21.7. The van der Waals surface area contributed by atoms with Gasteiger partial charge in [-0.1, -0.05) is 37.1 Å². The van der Waals surface area contributed by atoms with E-state index in [1.165, 1.54) is 5.57 Å². The van der Waals surface area contributed by atoms with Crippen LogP contribution >= 0.6 is 0 Å². The molecule has 2 rings (SSSR count). The standard InChI is InChI=1S/C22H30O4/c1-6-8-15-12-18(23)20(21(24)19(15)22(25)26-7-2)17-11-14(5)9-10-16(17)13(3)4/h11-12,16-17,23-24H,3,6-10H2,1-2,4-5H3. The number of rotatable bonds is 6. The summed E-state index contributed by atoms with van der Waals surface area (Å²) >= 11 is 0. The molecule has 1 aromatic carbocycles. The van der Waals surface area contributed by atoms with E-state index in [1.807, 2.05) is 20.8 Å². The highest BCUT2D eigenvalue weighted by Gasteiger charge is 2.33. The molecular formula is C22H30O4. The smallest absolute Gasteiger partial charge is 0.342 e. The van der Waals surface area contributed by atoms with Gasteiger partial charge in [-0.2, -0.15) is 0 Å². The molecule has 0 bridgehead atoms. The van der Waals surface area contributed by atoms with Crippen LogP contribution in [0.5, 0.6) is 11.5 Å². The van der Waals surface area contributed by atoms with Gasteiger partial charge in [0.2, 0.25) is 0 Å². The molecule has 1 aliphatic rings. The minimum absolute atomic E-state index is 0.0289. The molecule has 2 N–H and O–H groups in total. The summed E-state index contributed by atoms with van der Waals surface area (Å²) in [7, 11) is 0. The van der Waals surface area contributed by atoms with Crippen LogP contribution in [0.25, 0.3) is 0 Å². The molecule has 0 saturated carbocycles. The molecule has 1 aliphatic carbocycles. The Hall–Kier alpha value is -2.23. The van der Waals surface area contributed by atoms with E-state index >= 15 is 0 Å². The number of hydrogen-bond donors (Lipinski definition) is 2. The number of phenolic OH excluding ortho intramolecular Hbond substituents is 2. The second-order valence-electron chi connectivity index (χ2n) is 7.19. The Morgan fingerprint density at radius 2 is 2.04 bits per heavy atom. The summed E-state index contributed by atoms with van der Waals surface area (Å²) in [6.45, 7) is 12.1. The van der Waals surface area contributed by atoms with Crippen LogP contribution in [0, 0.1) is 5.92 Å². The maximum atomic E-state index is 12.5. The summed E-state index contributed by atoms with van der Waals surface area (Å²) < 4.78 is 5.16. The zero-order valence-corrected chi connectivity index (χ0v) is 16.3. The predicted octanol–water partition coefficient (Wildman–Crippen LogP) is 5.24. The van der Waals surface area contributed by atoms with Crippen molar-refractivity contribution < 1.29 is 19.7 Å². The van der Waals surface area contributed by atoms with E-state index in [4.69, 9.17) is 4.74 Å². The van der Waals surface area contributed by atoms with Gasteiger partial charge in [-0.25, -0.2) is 4.79 Å². The van der Waals surface area contributed by atoms with Crippen LogP contribution in [0.1, 0.15) is 74.4 Å². The zero-order valence-electron chi connectivity index (χ0n) is 16.3. The first-order valence-electron chi connectivity index (χ1n) is 9.39. The number of aryl methyl sites for hydroxylation is 1. The maximum Gasteiger partial charge on any atom is 0.342 e. The van der Waals surface area contributed by atoms with Crippen molar-refractivity contribution >= 4 is 5.97 Å². The van der Waals surface area contributed by atoms with E-state index in [0.29, 0.717) is 17.5 Å². The highest BCUT2D eigenvalue weighted by molar-refractivity contribution is 5.95. The van der Waals surface area contributed by atoms with Crippen molar-refractivity contribution in [2.24, 2.45) is 5.92 Å². The van der Waals surface area contributed by atoms with Gasteiger partial charge in [0.15, 0.2) is 0 Å². The number of carbonyl (C=O) groups is 1. The maximum absolute atomic E-state index is 12.5. The van der Waals surface area contributed by atoms with Gasteiger partial charge in [-0.05, 0) is 57.6 Å². The number of hydrogen-bond acceptors (Lipinski definition) is 4. The molecule has 0 fully saturated rings. The number of phenols is 2. The van der Waals surface area contributed by atoms with Gasteiger partial charge < -0.3 is 14.9 Å². The van der Waals surface area contributed by atoms with Crippen LogP contribution in [-0.4, -0.2) is 22.8 Å². The van der Waals surface area contributed by atoms with Gasteiger partial charge in [0.1, 0.15) is 17.1 Å². The second kappa shape index (κ2) is 8.43. The monoisotopic (exact) mass is 358 g/mol. The first-order valence-corrected chi connectivity index (χ1v) is 9.39. The number of carbonyl (C=O) groups excluding carboxylic acids is 1. The lowest BCUT2D eigenvalue weighted by Crippen LogP contribution is -2.18. The fraction of sp³-hybridized carbons (Fsp3) is 0.500. The van der Waals surface area contributed by atoms with Crippen LogP contribution in [0.3, 0.4) is 0 Å². The molecule has 4 heteroatoms. The average molecular weight is 358 g/mol. The van der Waals surface area contributed by atoms with Crippen molar-refractivity contribution in [2.75, 3.05) is 6.61 Å². The SMILES string of the molecule is C=C(C)C1CCC(C)=CC1c1c(O)cc(CCC)c(C(=O)OCC)c1O. The molecule has 0 spiro atoms. The Kier molecular flexibility index (Phi) is 6.52. The fourth-order valence-corrected chi connectivity index (χ4v) is 3.86. The highest BCUT2D eigenvalue weighted by Crippen LogP contribution is 2.48. The molecule has 4 nitrogen and oxygen atoms in total. The Labute approximate surface area is 156 Å². The molecule has 2 unspecified atom stereocenters. The van der Waals surface area contributed by atoms with Crippen molar-refractivity contribution in [3.63, 3.8) is 0 Å². The summed E-state index contributed by atoms with van der Waals surface area (Å²) in [4.78, 5) is 12.5. The van der Waals surface area contributed by atoms with E-state index in [2.05, 4.69) is 12.7 Å². The van der Waals surface area contributed by atoms with Gasteiger partial charge in [0.05, 0.1) is 6.61 Å². The van der Waals surface area contributed by atoms with E-state index in [1.54, 1.807) is 13.0 Å². The van der Waals surface area contributed by atoms with Crippen molar-refractivity contribution in [3.8, 4) is 11.5 Å². The molecule has 0 radical (unpaired) electrons. The largest absolute Gasteiger partial charge is 0.507 e. The quantitative estimate of drug-likeness (QED) is 0.539. The molecule has 2 atom stereocenters. The van der Waals surface area contributed by atoms with E-state index in [0.717, 1.165) is 24.8 Å². The molecule has 0 saturated heterocycles. The third-order valence-electron chi connectivity index (χ3n) is 5.11. The normalized spacial score (nSPS) is 19.8. The summed E-state index contributed by atoms with van der Waals surface area (Å²) in [6.07, 6.45) is 5.33. The Morgan fingerprint density at radius 1 is 1.35 bits per heavy atom. The molecule has 0 aliphatic heterocycles. The summed E-state index contributed by atoms with van der Waals surface area (Å²) in [5.74, 6) is -0.763. The lowest BCUT2D eigenvalue weighted by Gasteiger charge is -2.32. The highest BCUT2D eigenvalue weighted by atomic mass is 16.5. The molecule has 1 aromatic rings.